The number of hydrogen-bond acceptors (Lipinski definition) is 5. The van der Waals surface area contributed by atoms with E-state index in [1.165, 1.54) is 6.42 Å². The van der Waals surface area contributed by atoms with Gasteiger partial charge in [0.05, 0.1) is 24.7 Å². The summed E-state index contributed by atoms with van der Waals surface area (Å²) >= 11 is 0. The number of nitrogens with one attached hydrogen (secondary N) is 1. The highest BCUT2D eigenvalue weighted by molar-refractivity contribution is 5.48. The molecule has 0 amide bonds. The van der Waals surface area contributed by atoms with Crippen molar-refractivity contribution in [2.45, 2.75) is 19.3 Å². The van der Waals surface area contributed by atoms with E-state index >= 15 is 0 Å². The fourth-order valence-corrected chi connectivity index (χ4v) is 2.30. The minimum Gasteiger partial charge on any atom is -0.492 e. The molecule has 0 radical (unpaired) electrons. The highest BCUT2D eigenvalue weighted by Gasteiger charge is 2.10. The van der Waals surface area contributed by atoms with Gasteiger partial charge in [-0.1, -0.05) is 0 Å². The largest absolute Gasteiger partial charge is 0.492 e. The quantitative estimate of drug-likeness (QED) is 0.770. The van der Waals surface area contributed by atoms with Crippen LogP contribution in [0.25, 0.3) is 0 Å². The number of methoxy groups -OCH3 is 1. The summed E-state index contributed by atoms with van der Waals surface area (Å²) in [7, 11) is 1.73. The summed E-state index contributed by atoms with van der Waals surface area (Å²) in [6.45, 7) is 5.74. The van der Waals surface area contributed by atoms with Crippen molar-refractivity contribution in [3.05, 3.63) is 18.5 Å². The second-order valence-electron chi connectivity index (χ2n) is 5.02. The van der Waals surface area contributed by atoms with Gasteiger partial charge in [0.15, 0.2) is 0 Å². The van der Waals surface area contributed by atoms with Gasteiger partial charge in [-0.25, -0.2) is 0 Å². The highest BCUT2D eigenvalue weighted by atomic mass is 16.5. The molecule has 0 aliphatic carbocycles. The van der Waals surface area contributed by atoms with Crippen LogP contribution in [0.3, 0.4) is 0 Å². The molecule has 1 saturated heterocycles. The van der Waals surface area contributed by atoms with Crippen molar-refractivity contribution in [2.24, 2.45) is 0 Å². The monoisotopic (exact) mass is 279 g/mol. The first kappa shape index (κ1) is 15.1. The van der Waals surface area contributed by atoms with E-state index < -0.39 is 0 Å². The Balaban J connectivity index is 1.83. The van der Waals surface area contributed by atoms with E-state index in [1.54, 1.807) is 13.3 Å². The lowest BCUT2D eigenvalue weighted by atomic mass is 10.3. The summed E-state index contributed by atoms with van der Waals surface area (Å²) in [6.07, 6.45) is 6.91. The van der Waals surface area contributed by atoms with Crippen LogP contribution < -0.4 is 15.0 Å². The Bertz CT molecular complexity index is 379. The Hall–Kier alpha value is -1.33. The van der Waals surface area contributed by atoms with E-state index in [0.29, 0.717) is 0 Å². The Labute approximate surface area is 121 Å². The SMILES string of the molecule is COCCCCOc1cncc(N2CCCNCC2)c1. The van der Waals surface area contributed by atoms with Crippen LogP contribution >= 0.6 is 0 Å². The van der Waals surface area contributed by atoms with Gasteiger partial charge in [0, 0.05) is 39.4 Å². The van der Waals surface area contributed by atoms with Gasteiger partial charge in [-0.3, -0.25) is 4.98 Å². The maximum Gasteiger partial charge on any atom is 0.139 e. The molecule has 112 valence electrons. The molecule has 20 heavy (non-hydrogen) atoms. The Kier molecular flexibility index (Phi) is 6.60. The molecule has 2 rings (SSSR count). The van der Waals surface area contributed by atoms with Crippen molar-refractivity contribution in [1.29, 1.82) is 0 Å². The first-order valence-electron chi connectivity index (χ1n) is 7.42. The standard InChI is InChI=1S/C15H25N3O2/c1-19-9-2-3-10-20-15-11-14(12-17-13-15)18-7-4-5-16-6-8-18/h11-13,16H,2-10H2,1H3. The minimum absolute atomic E-state index is 0.718. The summed E-state index contributed by atoms with van der Waals surface area (Å²) in [4.78, 5) is 6.66. The third-order valence-corrected chi connectivity index (χ3v) is 3.42. The van der Waals surface area contributed by atoms with Crippen LogP contribution in [0.4, 0.5) is 5.69 Å². The molecule has 1 aliphatic heterocycles. The summed E-state index contributed by atoms with van der Waals surface area (Å²) in [5.41, 5.74) is 1.16. The molecule has 0 bridgehead atoms. The topological polar surface area (TPSA) is 46.6 Å². The van der Waals surface area contributed by atoms with Gasteiger partial charge in [0.1, 0.15) is 5.75 Å². The first-order chi connectivity index (χ1) is 9.90. The van der Waals surface area contributed by atoms with Crippen LogP contribution in [-0.2, 0) is 4.74 Å². The Morgan fingerprint density at radius 2 is 2.10 bits per heavy atom. The van der Waals surface area contributed by atoms with Crippen molar-refractivity contribution in [1.82, 2.24) is 10.3 Å². The average molecular weight is 279 g/mol. The fraction of sp³-hybridized carbons (Fsp3) is 0.667. The van der Waals surface area contributed by atoms with Crippen molar-refractivity contribution in [3.63, 3.8) is 0 Å². The summed E-state index contributed by atoms with van der Waals surface area (Å²) in [5.74, 6) is 0.858. The van der Waals surface area contributed by atoms with E-state index in [2.05, 4.69) is 21.3 Å². The van der Waals surface area contributed by atoms with Crippen LogP contribution in [0, 0.1) is 0 Å². The molecular formula is C15H25N3O2. The lowest BCUT2D eigenvalue weighted by molar-refractivity contribution is 0.184. The molecule has 1 aliphatic rings. The molecule has 5 nitrogen and oxygen atoms in total. The molecule has 0 aromatic carbocycles. The van der Waals surface area contributed by atoms with Crippen LogP contribution in [0.15, 0.2) is 18.5 Å². The van der Waals surface area contributed by atoms with E-state index in [4.69, 9.17) is 9.47 Å². The van der Waals surface area contributed by atoms with Crippen LogP contribution in [0.1, 0.15) is 19.3 Å². The maximum absolute atomic E-state index is 5.75. The lowest BCUT2D eigenvalue weighted by Crippen LogP contribution is -2.27. The summed E-state index contributed by atoms with van der Waals surface area (Å²) in [6, 6.07) is 2.09. The third kappa shape index (κ3) is 4.98. The zero-order chi connectivity index (χ0) is 14.0. The summed E-state index contributed by atoms with van der Waals surface area (Å²) < 4.78 is 10.8. The number of rotatable bonds is 7. The third-order valence-electron chi connectivity index (χ3n) is 3.42. The molecule has 0 atom stereocenters. The molecular weight excluding hydrogens is 254 g/mol. The minimum atomic E-state index is 0.718. The van der Waals surface area contributed by atoms with Crippen LogP contribution in [0.5, 0.6) is 5.75 Å². The number of pyridine rings is 1. The maximum atomic E-state index is 5.75. The number of ether oxygens (including phenoxy) is 2. The van der Waals surface area contributed by atoms with E-state index in [0.717, 1.165) is 63.7 Å². The van der Waals surface area contributed by atoms with Crippen LogP contribution in [0.2, 0.25) is 0 Å². The highest BCUT2D eigenvalue weighted by Crippen LogP contribution is 2.20. The van der Waals surface area contributed by atoms with Crippen molar-refractivity contribution in [2.75, 3.05) is 51.4 Å². The second-order valence-corrected chi connectivity index (χ2v) is 5.02. The number of nitrogens with zero attached hydrogens (tertiary/aromatic N) is 2. The van der Waals surface area contributed by atoms with E-state index in [-0.39, 0.29) is 0 Å². The lowest BCUT2D eigenvalue weighted by Gasteiger charge is -2.22. The van der Waals surface area contributed by atoms with Gasteiger partial charge in [-0.15, -0.1) is 0 Å². The predicted octanol–water partition coefficient (Wildman–Crippen LogP) is 1.69. The van der Waals surface area contributed by atoms with E-state index in [9.17, 15) is 0 Å². The Morgan fingerprint density at radius 3 is 3.00 bits per heavy atom. The normalized spacial score (nSPS) is 15.9. The molecule has 1 N–H and O–H groups in total. The molecule has 1 fully saturated rings. The fourth-order valence-electron chi connectivity index (χ4n) is 2.30. The van der Waals surface area contributed by atoms with E-state index in [1.807, 2.05) is 6.20 Å². The molecule has 1 aromatic heterocycles. The van der Waals surface area contributed by atoms with Gasteiger partial charge in [-0.05, 0) is 25.8 Å². The molecule has 0 unspecified atom stereocenters. The summed E-state index contributed by atoms with van der Waals surface area (Å²) in [5, 5.41) is 3.41. The van der Waals surface area contributed by atoms with Gasteiger partial charge < -0.3 is 19.7 Å². The van der Waals surface area contributed by atoms with Gasteiger partial charge in [0.2, 0.25) is 0 Å². The number of hydrogen-bond donors (Lipinski definition) is 1. The van der Waals surface area contributed by atoms with Gasteiger partial charge in [-0.2, -0.15) is 0 Å². The molecule has 5 heteroatoms. The second kappa shape index (κ2) is 8.76. The molecule has 1 aromatic rings. The average Bonchev–Trinajstić information content (AvgIpc) is 2.76. The number of anilines is 1. The number of aromatic nitrogens is 1. The molecule has 0 saturated carbocycles. The van der Waals surface area contributed by atoms with Gasteiger partial charge in [0.25, 0.3) is 0 Å². The zero-order valence-corrected chi connectivity index (χ0v) is 12.3. The van der Waals surface area contributed by atoms with Crippen molar-refractivity contribution in [3.8, 4) is 5.75 Å². The number of unbranched alkanes of at least 4 members (excludes halogenated alkanes) is 1. The van der Waals surface area contributed by atoms with Crippen molar-refractivity contribution < 1.29 is 9.47 Å². The Morgan fingerprint density at radius 1 is 1.20 bits per heavy atom. The van der Waals surface area contributed by atoms with Gasteiger partial charge >= 0.3 is 0 Å². The first-order valence-corrected chi connectivity index (χ1v) is 7.42. The molecule has 2 heterocycles. The molecule has 0 spiro atoms. The zero-order valence-electron chi connectivity index (χ0n) is 12.3. The smallest absolute Gasteiger partial charge is 0.139 e. The van der Waals surface area contributed by atoms with Crippen LogP contribution in [-0.4, -0.2) is 51.5 Å². The predicted molar refractivity (Wildman–Crippen MR) is 80.5 cm³/mol. The van der Waals surface area contributed by atoms with Crippen molar-refractivity contribution >= 4 is 5.69 Å².